The zero-order chi connectivity index (χ0) is 16.2. The molecule has 120 valence electrons. The third kappa shape index (κ3) is 4.29. The minimum atomic E-state index is -0.343. The monoisotopic (exact) mass is 349 g/mol. The van der Waals surface area contributed by atoms with E-state index >= 15 is 0 Å². The highest BCUT2D eigenvalue weighted by atomic mass is 32.2. The van der Waals surface area contributed by atoms with Crippen LogP contribution in [0.15, 0.2) is 28.6 Å². The topological polar surface area (TPSA) is 81.2 Å². The summed E-state index contributed by atoms with van der Waals surface area (Å²) in [6, 6.07) is 7.25. The number of carbonyl (C=O) groups is 2. The Labute approximate surface area is 141 Å². The maximum Gasteiger partial charge on any atom is 0.337 e. The Morgan fingerprint density at radius 1 is 1.30 bits per heavy atom. The molecule has 1 saturated carbocycles. The van der Waals surface area contributed by atoms with Crippen LogP contribution in [0.2, 0.25) is 0 Å². The van der Waals surface area contributed by atoms with Crippen LogP contribution in [0.4, 0.5) is 5.13 Å². The van der Waals surface area contributed by atoms with E-state index in [0.29, 0.717) is 16.4 Å². The van der Waals surface area contributed by atoms with E-state index in [0.717, 1.165) is 22.7 Å². The van der Waals surface area contributed by atoms with Gasteiger partial charge in [-0.05, 0) is 30.5 Å². The van der Waals surface area contributed by atoms with Crippen LogP contribution in [0.1, 0.15) is 28.8 Å². The molecular weight excluding hydrogens is 334 g/mol. The van der Waals surface area contributed by atoms with Crippen molar-refractivity contribution >= 4 is 40.1 Å². The average molecular weight is 349 g/mol. The molecule has 0 aliphatic heterocycles. The summed E-state index contributed by atoms with van der Waals surface area (Å²) in [6.45, 7) is 0. The Hall–Kier alpha value is -1.93. The number of nitrogens with one attached hydrogen (secondary N) is 1. The fourth-order valence-electron chi connectivity index (χ4n) is 1.87. The zero-order valence-corrected chi connectivity index (χ0v) is 14.1. The van der Waals surface area contributed by atoms with Crippen molar-refractivity contribution in [3.05, 3.63) is 35.4 Å². The molecule has 0 unspecified atom stereocenters. The lowest BCUT2D eigenvalue weighted by atomic mass is 10.1. The molecule has 0 radical (unpaired) electrons. The van der Waals surface area contributed by atoms with Gasteiger partial charge < -0.3 is 10.1 Å². The predicted octanol–water partition coefficient (Wildman–Crippen LogP) is 2.97. The van der Waals surface area contributed by atoms with Gasteiger partial charge in [0.05, 0.1) is 12.7 Å². The summed E-state index contributed by atoms with van der Waals surface area (Å²) in [6.07, 6.45) is 1.93. The first-order valence-electron chi connectivity index (χ1n) is 7.10. The maximum absolute atomic E-state index is 11.7. The first-order chi connectivity index (χ1) is 11.2. The third-order valence-corrected chi connectivity index (χ3v) is 5.37. The van der Waals surface area contributed by atoms with Crippen LogP contribution in [0.3, 0.4) is 0 Å². The summed E-state index contributed by atoms with van der Waals surface area (Å²) in [5.74, 6) is 0.566. The number of hydrogen-bond acceptors (Lipinski definition) is 7. The molecule has 1 heterocycles. The van der Waals surface area contributed by atoms with Crippen molar-refractivity contribution in [2.45, 2.75) is 22.9 Å². The number of amides is 1. The van der Waals surface area contributed by atoms with Gasteiger partial charge in [-0.1, -0.05) is 35.2 Å². The SMILES string of the molecule is COC(=O)c1ccc(CSc2nnc(NC(=O)C3CC3)s2)cc1. The van der Waals surface area contributed by atoms with Crippen molar-refractivity contribution in [2.75, 3.05) is 12.4 Å². The second-order valence-corrected chi connectivity index (χ2v) is 7.31. The van der Waals surface area contributed by atoms with Crippen molar-refractivity contribution in [1.29, 1.82) is 0 Å². The van der Waals surface area contributed by atoms with Crippen molar-refractivity contribution in [2.24, 2.45) is 5.92 Å². The van der Waals surface area contributed by atoms with Crippen molar-refractivity contribution in [3.63, 3.8) is 0 Å². The first-order valence-corrected chi connectivity index (χ1v) is 8.90. The molecule has 1 amide bonds. The van der Waals surface area contributed by atoms with Gasteiger partial charge in [-0.25, -0.2) is 4.79 Å². The van der Waals surface area contributed by atoms with Gasteiger partial charge in [0.15, 0.2) is 4.34 Å². The lowest BCUT2D eigenvalue weighted by Gasteiger charge is -2.01. The van der Waals surface area contributed by atoms with E-state index in [1.54, 1.807) is 23.9 Å². The van der Waals surface area contributed by atoms with Crippen molar-refractivity contribution < 1.29 is 14.3 Å². The zero-order valence-electron chi connectivity index (χ0n) is 12.4. The molecule has 1 aromatic carbocycles. The molecule has 6 nitrogen and oxygen atoms in total. The lowest BCUT2D eigenvalue weighted by molar-refractivity contribution is -0.117. The van der Waals surface area contributed by atoms with E-state index in [1.165, 1.54) is 18.4 Å². The number of nitrogens with zero attached hydrogens (tertiary/aromatic N) is 2. The first kappa shape index (κ1) is 15.9. The number of carbonyl (C=O) groups excluding carboxylic acids is 2. The molecule has 2 aromatic rings. The number of thioether (sulfide) groups is 1. The molecule has 1 N–H and O–H groups in total. The molecule has 0 spiro atoms. The maximum atomic E-state index is 11.7. The van der Waals surface area contributed by atoms with Gasteiger partial charge in [0.1, 0.15) is 0 Å². The molecule has 23 heavy (non-hydrogen) atoms. The third-order valence-electron chi connectivity index (χ3n) is 3.32. The van der Waals surface area contributed by atoms with E-state index in [1.807, 2.05) is 12.1 Å². The van der Waals surface area contributed by atoms with Gasteiger partial charge in [0, 0.05) is 11.7 Å². The Morgan fingerprint density at radius 2 is 2.04 bits per heavy atom. The van der Waals surface area contributed by atoms with E-state index in [-0.39, 0.29) is 17.8 Å². The van der Waals surface area contributed by atoms with E-state index in [9.17, 15) is 9.59 Å². The summed E-state index contributed by atoms with van der Waals surface area (Å²) >= 11 is 2.91. The number of aromatic nitrogens is 2. The van der Waals surface area contributed by atoms with Gasteiger partial charge in [-0.2, -0.15) is 0 Å². The van der Waals surface area contributed by atoms with Gasteiger partial charge in [0.25, 0.3) is 0 Å². The van der Waals surface area contributed by atoms with Crippen molar-refractivity contribution in [3.8, 4) is 0 Å². The second-order valence-electron chi connectivity index (χ2n) is 5.11. The number of ether oxygens (including phenoxy) is 1. The fourth-order valence-corrected chi connectivity index (χ4v) is 3.58. The Balaban J connectivity index is 1.52. The molecule has 0 saturated heterocycles. The molecule has 1 aliphatic carbocycles. The van der Waals surface area contributed by atoms with Crippen LogP contribution in [0, 0.1) is 5.92 Å². The molecule has 1 aliphatic rings. The summed E-state index contributed by atoms with van der Waals surface area (Å²) in [5.41, 5.74) is 1.60. The highest BCUT2D eigenvalue weighted by molar-refractivity contribution is 8.00. The molecule has 1 aromatic heterocycles. The molecule has 0 bridgehead atoms. The molecule has 3 rings (SSSR count). The van der Waals surface area contributed by atoms with Gasteiger partial charge >= 0.3 is 5.97 Å². The number of anilines is 1. The molecule has 1 fully saturated rings. The number of hydrogen-bond donors (Lipinski definition) is 1. The minimum absolute atomic E-state index is 0.0381. The largest absolute Gasteiger partial charge is 0.465 e. The minimum Gasteiger partial charge on any atom is -0.465 e. The normalized spacial score (nSPS) is 13.6. The highest BCUT2D eigenvalue weighted by Gasteiger charge is 2.30. The van der Waals surface area contributed by atoms with Crippen LogP contribution >= 0.6 is 23.1 Å². The summed E-state index contributed by atoms with van der Waals surface area (Å²) < 4.78 is 5.46. The van der Waals surface area contributed by atoms with Gasteiger partial charge in [-0.3, -0.25) is 4.79 Å². The van der Waals surface area contributed by atoms with Crippen LogP contribution < -0.4 is 5.32 Å². The highest BCUT2D eigenvalue weighted by Crippen LogP contribution is 2.32. The Kier molecular flexibility index (Phi) is 4.92. The Bertz CT molecular complexity index is 711. The molecular formula is C15H15N3O3S2. The molecule has 8 heteroatoms. The number of esters is 1. The lowest BCUT2D eigenvalue weighted by Crippen LogP contribution is -2.12. The van der Waals surface area contributed by atoms with Crippen LogP contribution in [-0.4, -0.2) is 29.2 Å². The second kappa shape index (κ2) is 7.10. The molecule has 0 atom stereocenters. The van der Waals surface area contributed by atoms with Crippen LogP contribution in [0.25, 0.3) is 0 Å². The van der Waals surface area contributed by atoms with Crippen LogP contribution in [-0.2, 0) is 15.3 Å². The van der Waals surface area contributed by atoms with E-state index < -0.39 is 0 Å². The Morgan fingerprint density at radius 3 is 2.70 bits per heavy atom. The number of rotatable bonds is 6. The summed E-state index contributed by atoms with van der Waals surface area (Å²) in [4.78, 5) is 23.0. The smallest absolute Gasteiger partial charge is 0.337 e. The standard InChI is InChI=1S/C15H15N3O3S2/c1-21-13(20)11-4-2-9(3-5-11)8-22-15-18-17-14(23-15)16-12(19)10-6-7-10/h2-5,10H,6-8H2,1H3,(H,16,17,19). The van der Waals surface area contributed by atoms with Crippen molar-refractivity contribution in [1.82, 2.24) is 10.2 Å². The van der Waals surface area contributed by atoms with E-state index in [4.69, 9.17) is 0 Å². The summed E-state index contributed by atoms with van der Waals surface area (Å²) in [5, 5.41) is 11.4. The summed E-state index contributed by atoms with van der Waals surface area (Å²) in [7, 11) is 1.36. The quantitative estimate of drug-likeness (QED) is 0.490. The predicted molar refractivity (Wildman–Crippen MR) is 88.6 cm³/mol. The number of methoxy groups -OCH3 is 1. The average Bonchev–Trinajstić information content (AvgIpc) is 3.34. The number of benzene rings is 1. The van der Waals surface area contributed by atoms with E-state index in [2.05, 4.69) is 20.3 Å². The van der Waals surface area contributed by atoms with Gasteiger partial charge in [-0.15, -0.1) is 10.2 Å². The van der Waals surface area contributed by atoms with Gasteiger partial charge in [0.2, 0.25) is 11.0 Å². The fraction of sp³-hybridized carbons (Fsp3) is 0.333. The van der Waals surface area contributed by atoms with Crippen LogP contribution in [0.5, 0.6) is 0 Å².